The Labute approximate surface area is 130 Å². The number of methoxy groups -OCH3 is 1. The average Bonchev–Trinajstić information content (AvgIpc) is 2.54. The minimum Gasteiger partial charge on any atom is -0.465 e. The molecule has 4 heteroatoms. The van der Waals surface area contributed by atoms with Crippen LogP contribution in [0.3, 0.4) is 0 Å². The molecule has 0 aromatic heterocycles. The first-order chi connectivity index (χ1) is 10.5. The van der Waals surface area contributed by atoms with Crippen molar-refractivity contribution < 1.29 is 14.3 Å². The van der Waals surface area contributed by atoms with E-state index < -0.39 is 5.97 Å². The molecule has 0 unspecified atom stereocenters. The third kappa shape index (κ3) is 3.52. The summed E-state index contributed by atoms with van der Waals surface area (Å²) in [6, 6.07) is 14.2. The van der Waals surface area contributed by atoms with E-state index >= 15 is 0 Å². The summed E-state index contributed by atoms with van der Waals surface area (Å²) in [6.07, 6.45) is 0. The van der Waals surface area contributed by atoms with Crippen molar-refractivity contribution in [1.82, 2.24) is 0 Å². The summed E-state index contributed by atoms with van der Waals surface area (Å²) in [5, 5.41) is 2.90. The molecule has 22 heavy (non-hydrogen) atoms. The third-order valence-electron chi connectivity index (χ3n) is 3.38. The summed E-state index contributed by atoms with van der Waals surface area (Å²) < 4.78 is 4.67. The number of amides is 1. The fraction of sp³-hybridized carbons (Fsp3) is 0.222. The molecular weight excluding hydrogens is 278 g/mol. The fourth-order valence-corrected chi connectivity index (χ4v) is 2.21. The lowest BCUT2D eigenvalue weighted by molar-refractivity contribution is 0.0600. The Morgan fingerprint density at radius 3 is 2.36 bits per heavy atom. The number of carbonyl (C=O) groups excluding carboxylic acids is 2. The fourth-order valence-electron chi connectivity index (χ4n) is 2.21. The second-order valence-electron chi connectivity index (χ2n) is 5.27. The van der Waals surface area contributed by atoms with Crippen LogP contribution in [0.2, 0.25) is 0 Å². The van der Waals surface area contributed by atoms with Gasteiger partial charge in [0.15, 0.2) is 0 Å². The summed E-state index contributed by atoms with van der Waals surface area (Å²) >= 11 is 0. The average molecular weight is 297 g/mol. The van der Waals surface area contributed by atoms with Crippen LogP contribution in [-0.4, -0.2) is 19.0 Å². The summed E-state index contributed by atoms with van der Waals surface area (Å²) in [5.74, 6) is -0.408. The second kappa shape index (κ2) is 6.89. The molecule has 2 aromatic rings. The van der Waals surface area contributed by atoms with Crippen LogP contribution in [0, 0.1) is 0 Å². The maximum Gasteiger partial charge on any atom is 0.337 e. The lowest BCUT2D eigenvalue weighted by Crippen LogP contribution is -2.14. The molecule has 0 saturated carbocycles. The maximum atomic E-state index is 12.4. The number of esters is 1. The van der Waals surface area contributed by atoms with Gasteiger partial charge in [0.1, 0.15) is 0 Å². The molecule has 0 atom stereocenters. The standard InChI is InChI=1S/C18H19NO3/c1-12(2)15-9-4-5-10-16(15)19-17(20)13-7-6-8-14(11-13)18(21)22-3/h4-12H,1-3H3,(H,19,20). The molecule has 1 N–H and O–H groups in total. The molecule has 0 radical (unpaired) electrons. The van der Waals surface area contributed by atoms with Gasteiger partial charge in [0.05, 0.1) is 12.7 Å². The van der Waals surface area contributed by atoms with Gasteiger partial charge in [-0.2, -0.15) is 0 Å². The molecule has 0 aliphatic heterocycles. The number of para-hydroxylation sites is 1. The van der Waals surface area contributed by atoms with E-state index in [2.05, 4.69) is 23.9 Å². The number of nitrogens with one attached hydrogen (secondary N) is 1. The number of ether oxygens (including phenoxy) is 1. The molecule has 1 amide bonds. The van der Waals surface area contributed by atoms with Crippen molar-refractivity contribution in [3.05, 3.63) is 65.2 Å². The molecule has 2 aromatic carbocycles. The summed E-state index contributed by atoms with van der Waals surface area (Å²) in [6.45, 7) is 4.14. The lowest BCUT2D eigenvalue weighted by atomic mass is 10.0. The van der Waals surface area contributed by atoms with Gasteiger partial charge in [0, 0.05) is 11.3 Å². The SMILES string of the molecule is COC(=O)c1cccc(C(=O)Nc2ccccc2C(C)C)c1. The molecule has 4 nitrogen and oxygen atoms in total. The first kappa shape index (κ1) is 15.8. The van der Waals surface area contributed by atoms with Crippen LogP contribution in [0.15, 0.2) is 48.5 Å². The van der Waals surface area contributed by atoms with Crippen LogP contribution in [-0.2, 0) is 4.74 Å². The number of benzene rings is 2. The first-order valence-electron chi connectivity index (χ1n) is 7.11. The molecule has 2 rings (SSSR count). The normalized spacial score (nSPS) is 10.4. The quantitative estimate of drug-likeness (QED) is 0.872. The van der Waals surface area contributed by atoms with Gasteiger partial charge >= 0.3 is 5.97 Å². The van der Waals surface area contributed by atoms with Crippen molar-refractivity contribution in [2.24, 2.45) is 0 Å². The molecule has 0 heterocycles. The molecule has 0 fully saturated rings. The second-order valence-corrected chi connectivity index (χ2v) is 5.27. The zero-order chi connectivity index (χ0) is 16.1. The van der Waals surface area contributed by atoms with Gasteiger partial charge in [-0.25, -0.2) is 4.79 Å². The van der Waals surface area contributed by atoms with E-state index in [0.717, 1.165) is 11.3 Å². The van der Waals surface area contributed by atoms with Gasteiger partial charge in [-0.3, -0.25) is 4.79 Å². The predicted molar refractivity (Wildman–Crippen MR) is 86.3 cm³/mol. The van der Waals surface area contributed by atoms with E-state index in [0.29, 0.717) is 17.0 Å². The number of anilines is 1. The highest BCUT2D eigenvalue weighted by Crippen LogP contribution is 2.24. The lowest BCUT2D eigenvalue weighted by Gasteiger charge is -2.13. The van der Waals surface area contributed by atoms with Crippen LogP contribution in [0.5, 0.6) is 0 Å². The van der Waals surface area contributed by atoms with Gasteiger partial charge in [0.25, 0.3) is 5.91 Å². The van der Waals surface area contributed by atoms with Crippen LogP contribution in [0.4, 0.5) is 5.69 Å². The molecule has 0 bridgehead atoms. The van der Waals surface area contributed by atoms with Gasteiger partial charge in [0.2, 0.25) is 0 Å². The van der Waals surface area contributed by atoms with Crippen molar-refractivity contribution in [2.75, 3.05) is 12.4 Å². The third-order valence-corrected chi connectivity index (χ3v) is 3.38. The maximum absolute atomic E-state index is 12.4. The summed E-state index contributed by atoms with van der Waals surface area (Å²) in [5.41, 5.74) is 2.62. The number of hydrogen-bond donors (Lipinski definition) is 1. The zero-order valence-corrected chi connectivity index (χ0v) is 12.9. The molecule has 0 aliphatic carbocycles. The van der Waals surface area contributed by atoms with E-state index in [9.17, 15) is 9.59 Å². The van der Waals surface area contributed by atoms with Crippen LogP contribution in [0.25, 0.3) is 0 Å². The number of hydrogen-bond acceptors (Lipinski definition) is 3. The smallest absolute Gasteiger partial charge is 0.337 e. The Kier molecular flexibility index (Phi) is 4.94. The van der Waals surface area contributed by atoms with Crippen LogP contribution >= 0.6 is 0 Å². The molecule has 0 spiro atoms. The number of rotatable bonds is 4. The van der Waals surface area contributed by atoms with Crippen molar-refractivity contribution in [1.29, 1.82) is 0 Å². The Bertz CT molecular complexity index is 692. The highest BCUT2D eigenvalue weighted by molar-refractivity contribution is 6.06. The van der Waals surface area contributed by atoms with Gasteiger partial charge in [-0.1, -0.05) is 38.1 Å². The monoisotopic (exact) mass is 297 g/mol. The van der Waals surface area contributed by atoms with E-state index in [1.165, 1.54) is 13.2 Å². The molecule has 0 saturated heterocycles. The van der Waals surface area contributed by atoms with Crippen molar-refractivity contribution in [3.8, 4) is 0 Å². The molecule has 0 aliphatic rings. The van der Waals surface area contributed by atoms with E-state index in [1.807, 2.05) is 24.3 Å². The largest absolute Gasteiger partial charge is 0.465 e. The van der Waals surface area contributed by atoms with Crippen molar-refractivity contribution in [3.63, 3.8) is 0 Å². The predicted octanol–water partition coefficient (Wildman–Crippen LogP) is 3.85. The highest BCUT2D eigenvalue weighted by Gasteiger charge is 2.13. The highest BCUT2D eigenvalue weighted by atomic mass is 16.5. The molecular formula is C18H19NO3. The zero-order valence-electron chi connectivity index (χ0n) is 12.9. The molecule has 114 valence electrons. The Balaban J connectivity index is 2.25. The van der Waals surface area contributed by atoms with Gasteiger partial charge in [-0.05, 0) is 35.7 Å². The van der Waals surface area contributed by atoms with E-state index in [1.54, 1.807) is 18.2 Å². The number of carbonyl (C=O) groups is 2. The minimum absolute atomic E-state index is 0.251. The Hall–Kier alpha value is -2.62. The van der Waals surface area contributed by atoms with Crippen LogP contribution < -0.4 is 5.32 Å². The van der Waals surface area contributed by atoms with E-state index in [4.69, 9.17) is 0 Å². The van der Waals surface area contributed by atoms with Crippen LogP contribution in [0.1, 0.15) is 46.0 Å². The van der Waals surface area contributed by atoms with Gasteiger partial charge < -0.3 is 10.1 Å². The topological polar surface area (TPSA) is 55.4 Å². The van der Waals surface area contributed by atoms with E-state index in [-0.39, 0.29) is 5.91 Å². The summed E-state index contributed by atoms with van der Waals surface area (Å²) in [7, 11) is 1.31. The first-order valence-corrected chi connectivity index (χ1v) is 7.11. The summed E-state index contributed by atoms with van der Waals surface area (Å²) in [4.78, 5) is 23.9. The van der Waals surface area contributed by atoms with Gasteiger partial charge in [-0.15, -0.1) is 0 Å². The Morgan fingerprint density at radius 1 is 1.00 bits per heavy atom. The van der Waals surface area contributed by atoms with Crippen molar-refractivity contribution >= 4 is 17.6 Å². The van der Waals surface area contributed by atoms with Crippen molar-refractivity contribution in [2.45, 2.75) is 19.8 Å². The minimum atomic E-state index is -0.461. The Morgan fingerprint density at radius 2 is 1.68 bits per heavy atom.